The summed E-state index contributed by atoms with van der Waals surface area (Å²) >= 11 is 0. The summed E-state index contributed by atoms with van der Waals surface area (Å²) in [4.78, 5) is 18.7. The summed E-state index contributed by atoms with van der Waals surface area (Å²) in [5.74, 6) is -0.833. The molecule has 5 nitrogen and oxygen atoms in total. The van der Waals surface area contributed by atoms with E-state index in [1.807, 2.05) is 13.8 Å². The lowest BCUT2D eigenvalue weighted by atomic mass is 9.89. The summed E-state index contributed by atoms with van der Waals surface area (Å²) < 4.78 is 19.3. The van der Waals surface area contributed by atoms with Crippen molar-refractivity contribution in [2.24, 2.45) is 5.92 Å². The van der Waals surface area contributed by atoms with E-state index in [1.165, 1.54) is 6.07 Å². The third-order valence-corrected chi connectivity index (χ3v) is 4.36. The van der Waals surface area contributed by atoms with Gasteiger partial charge in [-0.15, -0.1) is 0 Å². The Kier molecular flexibility index (Phi) is 3.20. The van der Waals surface area contributed by atoms with Gasteiger partial charge in [-0.2, -0.15) is 0 Å². The number of hydrogen-bond acceptors (Lipinski definition) is 3. The Labute approximate surface area is 121 Å². The molecule has 0 aliphatic carbocycles. The van der Waals surface area contributed by atoms with Gasteiger partial charge in [0.25, 0.3) is 0 Å². The number of carboxylic acid groups (broad SMARTS) is 1. The average Bonchev–Trinajstić information content (AvgIpc) is 2.90. The molecule has 1 aromatic carbocycles. The first kappa shape index (κ1) is 14.0. The van der Waals surface area contributed by atoms with Crippen molar-refractivity contribution in [3.05, 3.63) is 29.3 Å². The fraction of sp³-hybridized carbons (Fsp3) is 0.467. The molecule has 21 heavy (non-hydrogen) atoms. The Morgan fingerprint density at radius 3 is 2.62 bits per heavy atom. The number of ether oxygens (including phenoxy) is 1. The van der Waals surface area contributed by atoms with Crippen LogP contribution in [0.3, 0.4) is 0 Å². The number of benzene rings is 1. The summed E-state index contributed by atoms with van der Waals surface area (Å²) in [7, 11) is 0. The van der Waals surface area contributed by atoms with Crippen LogP contribution in [-0.4, -0.2) is 33.3 Å². The third kappa shape index (κ3) is 2.19. The maximum atomic E-state index is 13.5. The molecule has 6 heteroatoms. The Morgan fingerprint density at radius 1 is 1.33 bits per heavy atom. The normalized spacial score (nSPS) is 29.1. The molecule has 2 aromatic rings. The molecule has 112 valence electrons. The molecule has 1 aliphatic heterocycles. The van der Waals surface area contributed by atoms with E-state index in [1.54, 1.807) is 0 Å². The van der Waals surface area contributed by atoms with Crippen LogP contribution in [0.1, 0.15) is 42.9 Å². The van der Waals surface area contributed by atoms with Crippen molar-refractivity contribution in [3.8, 4) is 0 Å². The summed E-state index contributed by atoms with van der Waals surface area (Å²) in [5.41, 5.74) is 0.568. The zero-order valence-corrected chi connectivity index (χ0v) is 12.1. The second kappa shape index (κ2) is 4.80. The predicted molar refractivity (Wildman–Crippen MR) is 74.9 cm³/mol. The molecule has 0 radical (unpaired) electrons. The van der Waals surface area contributed by atoms with Crippen LogP contribution in [0.4, 0.5) is 4.39 Å². The van der Waals surface area contributed by atoms with Crippen molar-refractivity contribution in [2.45, 2.75) is 38.9 Å². The van der Waals surface area contributed by atoms with E-state index in [-0.39, 0.29) is 35.1 Å². The molecule has 1 aliphatic rings. The van der Waals surface area contributed by atoms with Crippen LogP contribution in [0.15, 0.2) is 12.1 Å². The molecule has 0 saturated carbocycles. The number of aromatic nitrogens is 2. The highest BCUT2D eigenvalue weighted by Crippen LogP contribution is 2.39. The van der Waals surface area contributed by atoms with Crippen LogP contribution in [0, 0.1) is 11.7 Å². The van der Waals surface area contributed by atoms with E-state index in [4.69, 9.17) is 4.74 Å². The number of hydrogen-bond donors (Lipinski definition) is 2. The summed E-state index contributed by atoms with van der Waals surface area (Å²) in [6, 6.07) is 2.27. The van der Waals surface area contributed by atoms with E-state index in [9.17, 15) is 14.3 Å². The van der Waals surface area contributed by atoms with Crippen molar-refractivity contribution in [2.75, 3.05) is 0 Å². The molecular weight excluding hydrogens is 275 g/mol. The number of aromatic carboxylic acids is 1. The van der Waals surface area contributed by atoms with Gasteiger partial charge in [0.1, 0.15) is 17.2 Å². The smallest absolute Gasteiger partial charge is 0.338 e. The van der Waals surface area contributed by atoms with Crippen LogP contribution < -0.4 is 0 Å². The van der Waals surface area contributed by atoms with Crippen molar-refractivity contribution in [1.29, 1.82) is 0 Å². The van der Waals surface area contributed by atoms with Gasteiger partial charge in [-0.1, -0.05) is 6.92 Å². The van der Waals surface area contributed by atoms with Gasteiger partial charge in [-0.3, -0.25) is 0 Å². The van der Waals surface area contributed by atoms with E-state index in [0.717, 1.165) is 6.07 Å². The molecule has 0 amide bonds. The number of carbonyl (C=O) groups is 1. The van der Waals surface area contributed by atoms with Gasteiger partial charge in [0.15, 0.2) is 0 Å². The highest BCUT2D eigenvalue weighted by atomic mass is 19.1. The molecule has 0 bridgehead atoms. The van der Waals surface area contributed by atoms with Gasteiger partial charge in [-0.05, 0) is 31.9 Å². The molecule has 4 unspecified atom stereocenters. The molecule has 1 fully saturated rings. The fourth-order valence-electron chi connectivity index (χ4n) is 3.16. The largest absolute Gasteiger partial charge is 0.478 e. The fourth-order valence-corrected chi connectivity index (χ4v) is 3.16. The standard InChI is InChI=1S/C15H17FN2O3/c1-6-7(2)21-8(3)12(6)14-17-11-5-9(16)4-10(15(19)20)13(11)18-14/h4-8,12H,1-3H3,(H,17,18)(H,19,20). The maximum absolute atomic E-state index is 13.5. The van der Waals surface area contributed by atoms with Crippen LogP contribution in [0.2, 0.25) is 0 Å². The second-order valence-corrected chi connectivity index (χ2v) is 5.71. The lowest BCUT2D eigenvalue weighted by molar-refractivity contribution is 0.0554. The second-order valence-electron chi connectivity index (χ2n) is 5.71. The van der Waals surface area contributed by atoms with E-state index < -0.39 is 11.8 Å². The lowest BCUT2D eigenvalue weighted by Crippen LogP contribution is -2.16. The third-order valence-electron chi connectivity index (χ3n) is 4.36. The first-order valence-electron chi connectivity index (χ1n) is 6.96. The number of aromatic amines is 1. The monoisotopic (exact) mass is 292 g/mol. The number of nitrogens with one attached hydrogen (secondary N) is 1. The van der Waals surface area contributed by atoms with Crippen molar-refractivity contribution in [1.82, 2.24) is 9.97 Å². The summed E-state index contributed by atoms with van der Waals surface area (Å²) in [5, 5.41) is 9.18. The molecule has 2 N–H and O–H groups in total. The van der Waals surface area contributed by atoms with Crippen LogP contribution >= 0.6 is 0 Å². The Morgan fingerprint density at radius 2 is 2.05 bits per heavy atom. The molecule has 3 rings (SSSR count). The molecule has 2 heterocycles. The number of fused-ring (bicyclic) bond motifs is 1. The number of rotatable bonds is 2. The van der Waals surface area contributed by atoms with E-state index in [0.29, 0.717) is 11.3 Å². The maximum Gasteiger partial charge on any atom is 0.338 e. The van der Waals surface area contributed by atoms with Crippen LogP contribution in [0.5, 0.6) is 0 Å². The van der Waals surface area contributed by atoms with Gasteiger partial charge in [-0.25, -0.2) is 14.2 Å². The number of carboxylic acids is 1. The SMILES string of the molecule is CC1OC(C)C(c2nc3c(C(=O)O)cc(F)cc3[nH]2)C1C. The minimum Gasteiger partial charge on any atom is -0.478 e. The minimum absolute atomic E-state index is 0.0197. The first-order chi connectivity index (χ1) is 9.88. The quantitative estimate of drug-likeness (QED) is 0.892. The summed E-state index contributed by atoms with van der Waals surface area (Å²) in [6.45, 7) is 6.05. The topological polar surface area (TPSA) is 75.2 Å². The first-order valence-corrected chi connectivity index (χ1v) is 6.96. The zero-order chi connectivity index (χ0) is 15.3. The predicted octanol–water partition coefficient (Wildman–Crippen LogP) is 2.93. The highest BCUT2D eigenvalue weighted by Gasteiger charge is 2.39. The Hall–Kier alpha value is -1.95. The number of halogens is 1. The van der Waals surface area contributed by atoms with Crippen LogP contribution in [-0.2, 0) is 4.74 Å². The summed E-state index contributed by atoms with van der Waals surface area (Å²) in [6.07, 6.45) is 0.0857. The highest BCUT2D eigenvalue weighted by molar-refractivity contribution is 6.01. The van der Waals surface area contributed by atoms with Gasteiger partial charge >= 0.3 is 5.97 Å². The van der Waals surface area contributed by atoms with Gasteiger partial charge in [0.05, 0.1) is 23.3 Å². The van der Waals surface area contributed by atoms with Gasteiger partial charge in [0.2, 0.25) is 0 Å². The van der Waals surface area contributed by atoms with E-state index >= 15 is 0 Å². The lowest BCUT2D eigenvalue weighted by Gasteiger charge is -2.15. The van der Waals surface area contributed by atoms with Crippen molar-refractivity contribution in [3.63, 3.8) is 0 Å². The number of H-pyrrole nitrogens is 1. The van der Waals surface area contributed by atoms with Crippen molar-refractivity contribution >= 4 is 17.0 Å². The molecule has 1 aromatic heterocycles. The van der Waals surface area contributed by atoms with Gasteiger partial charge < -0.3 is 14.8 Å². The minimum atomic E-state index is -1.19. The van der Waals surface area contributed by atoms with Crippen LogP contribution in [0.25, 0.3) is 11.0 Å². The zero-order valence-electron chi connectivity index (χ0n) is 12.1. The molecule has 4 atom stereocenters. The molecule has 1 saturated heterocycles. The van der Waals surface area contributed by atoms with Gasteiger partial charge in [0, 0.05) is 5.92 Å². The molecule has 0 spiro atoms. The van der Waals surface area contributed by atoms with Crippen molar-refractivity contribution < 1.29 is 19.0 Å². The average molecular weight is 292 g/mol. The number of imidazole rings is 1. The Balaban J connectivity index is 2.13. The van der Waals surface area contributed by atoms with E-state index in [2.05, 4.69) is 16.9 Å². The molecular formula is C15H17FN2O3. The Bertz CT molecular complexity index is 712. The number of nitrogens with zero attached hydrogens (tertiary/aromatic N) is 1.